The topological polar surface area (TPSA) is 72.8 Å². The van der Waals surface area contributed by atoms with Crippen molar-refractivity contribution in [1.29, 1.82) is 0 Å². The van der Waals surface area contributed by atoms with E-state index in [-0.39, 0.29) is 0 Å². The van der Waals surface area contributed by atoms with Gasteiger partial charge in [-0.15, -0.1) is 0 Å². The third-order valence-electron chi connectivity index (χ3n) is 1.38. The van der Waals surface area contributed by atoms with E-state index < -0.39 is 17.9 Å². The highest BCUT2D eigenvalue weighted by atomic mass is 16.8. The average Bonchev–Trinajstić information content (AvgIpc) is 1.84. The van der Waals surface area contributed by atoms with Crippen molar-refractivity contribution in [3.8, 4) is 0 Å². The second-order valence-electron chi connectivity index (χ2n) is 2.83. The lowest BCUT2D eigenvalue weighted by Gasteiger charge is -2.21. The molecule has 0 aliphatic carbocycles. The average molecular weight is 176 g/mol. The molecule has 0 amide bonds. The molecule has 70 valence electrons. The van der Waals surface area contributed by atoms with Crippen molar-refractivity contribution in [3.63, 3.8) is 0 Å². The van der Waals surface area contributed by atoms with Crippen LogP contribution in [-0.4, -0.2) is 23.0 Å². The highest BCUT2D eigenvalue weighted by Gasteiger charge is 2.22. The number of carboxylic acid groups (broad SMARTS) is 1. The molecule has 0 aromatic rings. The summed E-state index contributed by atoms with van der Waals surface area (Å²) in [6.45, 7) is 5.14. The first kappa shape index (κ1) is 10.7. The molecular formula is C7H12O5. The fraction of sp³-hybridized carbons (Fsp3) is 0.714. The zero-order chi connectivity index (χ0) is 9.78. The first-order chi connectivity index (χ1) is 5.37. The lowest BCUT2D eigenvalue weighted by atomic mass is 10.1. The van der Waals surface area contributed by atoms with E-state index in [0.29, 0.717) is 6.42 Å². The first-order valence-electron chi connectivity index (χ1n) is 3.51. The summed E-state index contributed by atoms with van der Waals surface area (Å²) >= 11 is 0. The van der Waals surface area contributed by atoms with Gasteiger partial charge in [0.2, 0.25) is 0 Å². The molecule has 0 radical (unpaired) electrons. The molecule has 1 N–H and O–H groups in total. The van der Waals surface area contributed by atoms with Crippen molar-refractivity contribution in [2.45, 2.75) is 32.8 Å². The molecule has 0 aliphatic rings. The van der Waals surface area contributed by atoms with Crippen LogP contribution in [0.3, 0.4) is 0 Å². The largest absolute Gasteiger partial charge is 0.519 e. The van der Waals surface area contributed by atoms with Crippen LogP contribution in [0.25, 0.3) is 0 Å². The number of carbonyl (C=O) groups excluding carboxylic acids is 1. The molecule has 0 bridgehead atoms. The normalized spacial score (nSPS) is 10.6. The fourth-order valence-corrected chi connectivity index (χ4v) is 0.390. The minimum atomic E-state index is -1.66. The van der Waals surface area contributed by atoms with Gasteiger partial charge in [-0.2, -0.15) is 0 Å². The summed E-state index contributed by atoms with van der Waals surface area (Å²) in [5, 5.41) is 8.03. The summed E-state index contributed by atoms with van der Waals surface area (Å²) in [5.41, 5.74) is -0.688. The van der Waals surface area contributed by atoms with Crippen LogP contribution >= 0.6 is 0 Å². The Kier molecular flexibility index (Phi) is 3.53. The van der Waals surface area contributed by atoms with E-state index in [1.54, 1.807) is 13.8 Å². The van der Waals surface area contributed by atoms with Crippen LogP contribution in [0.15, 0.2) is 0 Å². The molecule has 0 rings (SSSR count). The molecule has 5 heteroatoms. The number of hydrogen-bond donors (Lipinski definition) is 1. The van der Waals surface area contributed by atoms with Gasteiger partial charge in [0.15, 0.2) is 0 Å². The van der Waals surface area contributed by atoms with Gasteiger partial charge >= 0.3 is 12.3 Å². The van der Waals surface area contributed by atoms with Gasteiger partial charge in [-0.05, 0) is 20.3 Å². The number of rotatable bonds is 2. The van der Waals surface area contributed by atoms with Gasteiger partial charge in [0, 0.05) is 0 Å². The zero-order valence-electron chi connectivity index (χ0n) is 7.29. The van der Waals surface area contributed by atoms with Gasteiger partial charge in [0.1, 0.15) is 5.60 Å². The fourth-order valence-electron chi connectivity index (χ4n) is 0.390. The Hall–Kier alpha value is -1.26. The molecule has 0 aromatic heterocycles. The summed E-state index contributed by atoms with van der Waals surface area (Å²) in [6, 6.07) is 0. The second kappa shape index (κ2) is 3.94. The Morgan fingerprint density at radius 3 is 2.25 bits per heavy atom. The molecule has 5 nitrogen and oxygen atoms in total. The van der Waals surface area contributed by atoms with Crippen LogP contribution in [0.1, 0.15) is 27.2 Å². The van der Waals surface area contributed by atoms with Gasteiger partial charge in [0.05, 0.1) is 0 Å². The Morgan fingerprint density at radius 2 is 1.92 bits per heavy atom. The first-order valence-corrected chi connectivity index (χ1v) is 3.51. The SMILES string of the molecule is CCC(C)(C)OC(=O)OC(=O)O. The Morgan fingerprint density at radius 1 is 1.42 bits per heavy atom. The summed E-state index contributed by atoms with van der Waals surface area (Å²) in [5.74, 6) is 0. The number of carbonyl (C=O) groups is 2. The summed E-state index contributed by atoms with van der Waals surface area (Å²) in [6.07, 6.45) is -2.26. The van der Waals surface area contributed by atoms with E-state index in [4.69, 9.17) is 5.11 Å². The Bertz CT molecular complexity index is 184. The van der Waals surface area contributed by atoms with Crippen molar-refractivity contribution in [1.82, 2.24) is 0 Å². The summed E-state index contributed by atoms with van der Waals surface area (Å²) < 4.78 is 8.40. The van der Waals surface area contributed by atoms with E-state index in [0.717, 1.165) is 0 Å². The smallest absolute Gasteiger partial charge is 0.449 e. The minimum Gasteiger partial charge on any atom is -0.449 e. The standard InChI is InChI=1S/C7H12O5/c1-4-7(2,3)12-6(10)11-5(8)9/h4H2,1-3H3,(H,8,9). The van der Waals surface area contributed by atoms with Crippen molar-refractivity contribution in [2.24, 2.45) is 0 Å². The molecule has 12 heavy (non-hydrogen) atoms. The van der Waals surface area contributed by atoms with Gasteiger partial charge in [-0.25, -0.2) is 9.59 Å². The number of ether oxygens (including phenoxy) is 2. The van der Waals surface area contributed by atoms with Crippen LogP contribution < -0.4 is 0 Å². The molecule has 0 aliphatic heterocycles. The van der Waals surface area contributed by atoms with Crippen LogP contribution in [0.5, 0.6) is 0 Å². The number of hydrogen-bond acceptors (Lipinski definition) is 4. The second-order valence-corrected chi connectivity index (χ2v) is 2.83. The lowest BCUT2D eigenvalue weighted by Crippen LogP contribution is -2.28. The Labute approximate surface area is 70.3 Å². The van der Waals surface area contributed by atoms with Crippen molar-refractivity contribution in [3.05, 3.63) is 0 Å². The lowest BCUT2D eigenvalue weighted by molar-refractivity contribution is -0.0108. The van der Waals surface area contributed by atoms with E-state index in [1.807, 2.05) is 6.92 Å². The highest BCUT2D eigenvalue weighted by molar-refractivity contribution is 5.75. The van der Waals surface area contributed by atoms with Crippen molar-refractivity contribution >= 4 is 12.3 Å². The van der Waals surface area contributed by atoms with Gasteiger partial charge < -0.3 is 14.6 Å². The molecule has 0 atom stereocenters. The predicted octanol–water partition coefficient (Wildman–Crippen LogP) is 2.01. The maximum Gasteiger partial charge on any atom is 0.519 e. The van der Waals surface area contributed by atoms with Crippen molar-refractivity contribution < 1.29 is 24.2 Å². The minimum absolute atomic E-state index is 0.585. The monoisotopic (exact) mass is 176 g/mol. The third kappa shape index (κ3) is 4.54. The predicted molar refractivity (Wildman–Crippen MR) is 40.0 cm³/mol. The summed E-state index contributed by atoms with van der Waals surface area (Å²) in [7, 11) is 0. The molecule has 0 fully saturated rings. The maximum absolute atomic E-state index is 10.6. The van der Waals surface area contributed by atoms with E-state index in [1.165, 1.54) is 0 Å². The molecule has 0 heterocycles. The molecule has 0 saturated carbocycles. The van der Waals surface area contributed by atoms with Crippen LogP contribution in [-0.2, 0) is 9.47 Å². The molecule has 0 unspecified atom stereocenters. The molecule has 0 aromatic carbocycles. The molecular weight excluding hydrogens is 164 g/mol. The molecule has 0 saturated heterocycles. The maximum atomic E-state index is 10.6. The molecule has 0 spiro atoms. The highest BCUT2D eigenvalue weighted by Crippen LogP contribution is 2.14. The van der Waals surface area contributed by atoms with Gasteiger partial charge in [0.25, 0.3) is 0 Å². The quantitative estimate of drug-likeness (QED) is 0.514. The van der Waals surface area contributed by atoms with Crippen molar-refractivity contribution in [2.75, 3.05) is 0 Å². The van der Waals surface area contributed by atoms with Crippen LogP contribution in [0.2, 0.25) is 0 Å². The van der Waals surface area contributed by atoms with Crippen LogP contribution in [0.4, 0.5) is 9.59 Å². The third-order valence-corrected chi connectivity index (χ3v) is 1.38. The summed E-state index contributed by atoms with van der Waals surface area (Å²) in [4.78, 5) is 20.5. The Balaban J connectivity index is 3.92. The van der Waals surface area contributed by atoms with E-state index >= 15 is 0 Å². The zero-order valence-corrected chi connectivity index (χ0v) is 7.29. The van der Waals surface area contributed by atoms with Crippen LogP contribution in [0, 0.1) is 0 Å². The van der Waals surface area contributed by atoms with Gasteiger partial charge in [-0.3, -0.25) is 0 Å². The van der Waals surface area contributed by atoms with E-state index in [2.05, 4.69) is 9.47 Å². The van der Waals surface area contributed by atoms with E-state index in [9.17, 15) is 9.59 Å². The van der Waals surface area contributed by atoms with Gasteiger partial charge in [-0.1, -0.05) is 6.92 Å².